The van der Waals surface area contributed by atoms with Gasteiger partial charge in [-0.05, 0) is 50.1 Å². The molecule has 1 atom stereocenters. The molecule has 0 saturated carbocycles. The normalized spacial score (nSPS) is 16.8. The molecule has 1 aliphatic heterocycles. The van der Waals surface area contributed by atoms with Crippen LogP contribution in [0.2, 0.25) is 0 Å². The summed E-state index contributed by atoms with van der Waals surface area (Å²) in [5.41, 5.74) is 4.04. The van der Waals surface area contributed by atoms with Crippen LogP contribution in [0.15, 0.2) is 48.7 Å². The highest BCUT2D eigenvalue weighted by Gasteiger charge is 2.40. The van der Waals surface area contributed by atoms with Crippen molar-refractivity contribution in [2.45, 2.75) is 32.7 Å². The van der Waals surface area contributed by atoms with Crippen LogP contribution in [0.1, 0.15) is 24.5 Å². The molecule has 29 heavy (non-hydrogen) atoms. The number of H-pyrrole nitrogens is 1. The maximum Gasteiger partial charge on any atom is 0.251 e. The van der Waals surface area contributed by atoms with Gasteiger partial charge in [0, 0.05) is 23.6 Å². The zero-order chi connectivity index (χ0) is 20.4. The molecule has 1 saturated heterocycles. The Morgan fingerprint density at radius 1 is 1.21 bits per heavy atom. The number of ether oxygens (including phenoxy) is 1. The molecule has 2 heterocycles. The fourth-order valence-electron chi connectivity index (χ4n) is 3.84. The second-order valence-electron chi connectivity index (χ2n) is 7.29. The van der Waals surface area contributed by atoms with Crippen LogP contribution in [0.4, 0.5) is 5.69 Å². The number of nitrogens with zero attached hydrogens (tertiary/aromatic N) is 1. The molecular formula is C23H25N3O3. The van der Waals surface area contributed by atoms with Crippen molar-refractivity contribution in [2.24, 2.45) is 0 Å². The van der Waals surface area contributed by atoms with Crippen LogP contribution in [-0.2, 0) is 16.0 Å². The van der Waals surface area contributed by atoms with E-state index in [4.69, 9.17) is 4.74 Å². The van der Waals surface area contributed by atoms with E-state index in [1.54, 1.807) is 18.2 Å². The van der Waals surface area contributed by atoms with Gasteiger partial charge >= 0.3 is 0 Å². The molecule has 150 valence electrons. The monoisotopic (exact) mass is 391 g/mol. The third kappa shape index (κ3) is 3.76. The van der Waals surface area contributed by atoms with Crippen LogP contribution in [0.5, 0.6) is 5.75 Å². The van der Waals surface area contributed by atoms with E-state index in [-0.39, 0.29) is 18.2 Å². The van der Waals surface area contributed by atoms with Gasteiger partial charge in [-0.3, -0.25) is 9.59 Å². The van der Waals surface area contributed by atoms with Gasteiger partial charge < -0.3 is 15.0 Å². The Balaban J connectivity index is 1.43. The fraction of sp³-hybridized carbons (Fsp3) is 0.304. The zero-order valence-corrected chi connectivity index (χ0v) is 16.7. The van der Waals surface area contributed by atoms with Crippen molar-refractivity contribution in [3.8, 4) is 5.75 Å². The van der Waals surface area contributed by atoms with Crippen molar-refractivity contribution >= 4 is 28.4 Å². The van der Waals surface area contributed by atoms with Gasteiger partial charge in [-0.15, -0.1) is 0 Å². The van der Waals surface area contributed by atoms with E-state index in [0.29, 0.717) is 24.6 Å². The Bertz CT molecular complexity index is 1060. The topological polar surface area (TPSA) is 74.4 Å². The molecule has 6 heteroatoms. The number of fused-ring (bicyclic) bond motifs is 1. The number of hydrogen-bond acceptors (Lipinski definition) is 4. The quantitative estimate of drug-likeness (QED) is 0.606. The average molecular weight is 391 g/mol. The van der Waals surface area contributed by atoms with Gasteiger partial charge in [0.2, 0.25) is 5.91 Å². The second kappa shape index (κ2) is 8.09. The summed E-state index contributed by atoms with van der Waals surface area (Å²) in [6.07, 6.45) is 2.95. The maximum atomic E-state index is 12.9. The Kier molecular flexibility index (Phi) is 5.36. The summed E-state index contributed by atoms with van der Waals surface area (Å²) in [6.45, 7) is 5.04. The minimum Gasteiger partial charge on any atom is -0.492 e. The molecule has 1 fully saturated rings. The van der Waals surface area contributed by atoms with Gasteiger partial charge in [0.1, 0.15) is 5.75 Å². The third-order valence-electron chi connectivity index (χ3n) is 5.26. The van der Waals surface area contributed by atoms with Gasteiger partial charge in [0.15, 0.2) is 0 Å². The largest absolute Gasteiger partial charge is 0.492 e. The highest BCUT2D eigenvalue weighted by molar-refractivity contribution is 6.23. The van der Waals surface area contributed by atoms with Gasteiger partial charge in [-0.25, -0.2) is 4.90 Å². The predicted molar refractivity (Wildman–Crippen MR) is 113 cm³/mol. The number of para-hydroxylation sites is 2. The first-order valence-electron chi connectivity index (χ1n) is 9.97. The van der Waals surface area contributed by atoms with E-state index < -0.39 is 6.04 Å². The summed E-state index contributed by atoms with van der Waals surface area (Å²) in [5.74, 6) is 0.116. The van der Waals surface area contributed by atoms with Crippen molar-refractivity contribution in [1.82, 2.24) is 10.3 Å². The number of carbonyl (C=O) groups is 2. The standard InChI is InChI=1S/C23H25N3O3/c1-3-29-21-7-5-4-6-20(21)26-22(27)13-19(23(26)28)24-11-10-16-14-25-18-9-8-15(2)12-17(16)18/h4-9,12,14,19,24-25H,3,10-11,13H2,1-2H3/t19-/m0/s1. The van der Waals surface area contributed by atoms with Crippen molar-refractivity contribution in [1.29, 1.82) is 0 Å². The van der Waals surface area contributed by atoms with Gasteiger partial charge in [0.25, 0.3) is 5.91 Å². The van der Waals surface area contributed by atoms with Crippen molar-refractivity contribution < 1.29 is 14.3 Å². The number of anilines is 1. The van der Waals surface area contributed by atoms with Crippen LogP contribution in [-0.4, -0.2) is 36.0 Å². The molecule has 2 amide bonds. The van der Waals surface area contributed by atoms with Crippen LogP contribution in [0.3, 0.4) is 0 Å². The van der Waals surface area contributed by atoms with Gasteiger partial charge in [-0.1, -0.05) is 23.8 Å². The molecule has 1 aromatic heterocycles. The van der Waals surface area contributed by atoms with E-state index in [1.807, 2.05) is 19.2 Å². The summed E-state index contributed by atoms with van der Waals surface area (Å²) in [6, 6.07) is 13.0. The van der Waals surface area contributed by atoms with E-state index >= 15 is 0 Å². The molecule has 0 unspecified atom stereocenters. The first kappa shape index (κ1) is 19.2. The molecule has 0 radical (unpaired) electrons. The number of carbonyl (C=O) groups excluding carboxylic acids is 2. The third-order valence-corrected chi connectivity index (χ3v) is 5.26. The van der Waals surface area contributed by atoms with Gasteiger partial charge in [-0.2, -0.15) is 0 Å². The summed E-state index contributed by atoms with van der Waals surface area (Å²) < 4.78 is 5.59. The Morgan fingerprint density at radius 2 is 2.03 bits per heavy atom. The van der Waals surface area contributed by atoms with Crippen LogP contribution in [0.25, 0.3) is 10.9 Å². The number of aryl methyl sites for hydroxylation is 1. The van der Waals surface area contributed by atoms with Crippen LogP contribution in [0, 0.1) is 6.92 Å². The lowest BCUT2D eigenvalue weighted by molar-refractivity contribution is -0.121. The molecule has 1 aliphatic rings. The number of imide groups is 1. The van der Waals surface area contributed by atoms with Crippen molar-refractivity contribution in [3.63, 3.8) is 0 Å². The highest BCUT2D eigenvalue weighted by atomic mass is 16.5. The molecule has 4 rings (SSSR count). The summed E-state index contributed by atoms with van der Waals surface area (Å²) >= 11 is 0. The molecule has 0 bridgehead atoms. The van der Waals surface area contributed by atoms with E-state index in [0.717, 1.165) is 11.9 Å². The number of aromatic nitrogens is 1. The second-order valence-corrected chi connectivity index (χ2v) is 7.29. The average Bonchev–Trinajstić information content (AvgIpc) is 3.23. The number of nitrogens with one attached hydrogen (secondary N) is 2. The fourth-order valence-corrected chi connectivity index (χ4v) is 3.84. The Hall–Kier alpha value is -3.12. The summed E-state index contributed by atoms with van der Waals surface area (Å²) in [4.78, 5) is 30.0. The minimum atomic E-state index is -0.510. The molecule has 2 N–H and O–H groups in total. The number of hydrogen-bond donors (Lipinski definition) is 2. The van der Waals surface area contributed by atoms with Crippen molar-refractivity contribution in [2.75, 3.05) is 18.1 Å². The molecule has 0 aliphatic carbocycles. The number of rotatable bonds is 7. The lowest BCUT2D eigenvalue weighted by Crippen LogP contribution is -2.39. The number of amides is 2. The van der Waals surface area contributed by atoms with Crippen LogP contribution >= 0.6 is 0 Å². The lowest BCUT2D eigenvalue weighted by atomic mass is 10.1. The maximum absolute atomic E-state index is 12.9. The minimum absolute atomic E-state index is 0.159. The molecule has 2 aromatic carbocycles. The first-order chi connectivity index (χ1) is 14.1. The highest BCUT2D eigenvalue weighted by Crippen LogP contribution is 2.32. The summed E-state index contributed by atoms with van der Waals surface area (Å²) in [5, 5.41) is 4.47. The molecular weight excluding hydrogens is 366 g/mol. The van der Waals surface area contributed by atoms with Crippen molar-refractivity contribution in [3.05, 3.63) is 59.8 Å². The Labute approximate surface area is 169 Å². The van der Waals surface area contributed by atoms with E-state index in [1.165, 1.54) is 21.4 Å². The summed E-state index contributed by atoms with van der Waals surface area (Å²) in [7, 11) is 0. The molecule has 6 nitrogen and oxygen atoms in total. The van der Waals surface area contributed by atoms with E-state index in [2.05, 4.69) is 35.4 Å². The number of benzene rings is 2. The lowest BCUT2D eigenvalue weighted by Gasteiger charge is -2.18. The smallest absolute Gasteiger partial charge is 0.251 e. The predicted octanol–water partition coefficient (Wildman–Crippen LogP) is 3.34. The molecule has 3 aromatic rings. The molecule has 0 spiro atoms. The van der Waals surface area contributed by atoms with Crippen LogP contribution < -0.4 is 15.0 Å². The van der Waals surface area contributed by atoms with Gasteiger partial charge in [0.05, 0.1) is 24.8 Å². The number of aromatic amines is 1. The first-order valence-corrected chi connectivity index (χ1v) is 9.97. The Morgan fingerprint density at radius 3 is 2.86 bits per heavy atom. The van der Waals surface area contributed by atoms with E-state index in [9.17, 15) is 9.59 Å². The SMILES string of the molecule is CCOc1ccccc1N1C(=O)C[C@H](NCCc2c[nH]c3ccc(C)cc23)C1=O. The zero-order valence-electron chi connectivity index (χ0n) is 16.7.